The predicted molar refractivity (Wildman–Crippen MR) is 154 cm³/mol. The molecule has 0 aliphatic carbocycles. The van der Waals surface area contributed by atoms with Gasteiger partial charge in [-0.05, 0) is 36.8 Å². The van der Waals surface area contributed by atoms with Crippen molar-refractivity contribution in [1.29, 1.82) is 0 Å². The number of nitrogens with zero attached hydrogens (tertiary/aromatic N) is 1. The first kappa shape index (κ1) is 31.5. The lowest BCUT2D eigenvalue weighted by molar-refractivity contribution is -0.149. The Bertz CT molecular complexity index is 1190. The molecule has 0 saturated carbocycles. The summed E-state index contributed by atoms with van der Waals surface area (Å²) in [5.74, 6) is -2.71. The number of hydrogen-bond donors (Lipinski definition) is 4. The van der Waals surface area contributed by atoms with E-state index in [0.717, 1.165) is 11.1 Å². The van der Waals surface area contributed by atoms with Gasteiger partial charge >= 0.3 is 5.97 Å². The Morgan fingerprint density at radius 2 is 1.54 bits per heavy atom. The van der Waals surface area contributed by atoms with Gasteiger partial charge in [-0.2, -0.15) is 0 Å². The number of amides is 3. The van der Waals surface area contributed by atoms with Crippen molar-refractivity contribution in [1.82, 2.24) is 15.5 Å². The zero-order valence-corrected chi connectivity index (χ0v) is 23.5. The quantitative estimate of drug-likeness (QED) is 0.257. The minimum absolute atomic E-state index is 0.00507. The number of aliphatic carboxylic acids is 1. The molecule has 4 unspecified atom stereocenters. The Kier molecular flexibility index (Phi) is 12.0. The van der Waals surface area contributed by atoms with Gasteiger partial charge in [-0.15, -0.1) is 0 Å². The second kappa shape index (κ2) is 15.7. The zero-order chi connectivity index (χ0) is 29.8. The third-order valence-corrected chi connectivity index (χ3v) is 7.26. The van der Waals surface area contributed by atoms with E-state index in [1.54, 1.807) is 6.92 Å². The highest BCUT2D eigenvalue weighted by Gasteiger charge is 2.38. The standard InChI is InChI=1S/C31H40N4O6/c1-2-24(36)15-16-25(30(39)35-17-9-14-27(35)31(40)41)34-29(38)26(19-22-12-7-4-8-13-22)33-28(37)20-23(32)18-21-10-5-3-6-11-21/h3-8,10-13,23,25-27H,2,9,14-20,32H2,1H3,(H,33,37)(H,34,38)(H,40,41). The Balaban J connectivity index is 1.75. The fourth-order valence-electron chi connectivity index (χ4n) is 5.04. The number of hydrogen-bond acceptors (Lipinski definition) is 6. The predicted octanol–water partition coefficient (Wildman–Crippen LogP) is 1.99. The SMILES string of the molecule is CCC(=O)CCC(NC(=O)C(Cc1ccccc1)NC(=O)CC(N)Cc1ccccc1)C(=O)N1CCCC1C(=O)O. The van der Waals surface area contributed by atoms with Crippen molar-refractivity contribution < 1.29 is 29.1 Å². The van der Waals surface area contributed by atoms with E-state index in [-0.39, 0.29) is 44.4 Å². The number of nitrogens with one attached hydrogen (secondary N) is 2. The molecular formula is C31H40N4O6. The molecule has 1 heterocycles. The Hall–Kier alpha value is -4.05. The van der Waals surface area contributed by atoms with Crippen LogP contribution in [0.25, 0.3) is 0 Å². The van der Waals surface area contributed by atoms with Crippen LogP contribution in [0.5, 0.6) is 0 Å². The minimum Gasteiger partial charge on any atom is -0.480 e. The summed E-state index contributed by atoms with van der Waals surface area (Å²) < 4.78 is 0. The van der Waals surface area contributed by atoms with E-state index in [2.05, 4.69) is 10.6 Å². The van der Waals surface area contributed by atoms with Crippen LogP contribution in [0.4, 0.5) is 0 Å². The van der Waals surface area contributed by atoms with Gasteiger partial charge in [0.25, 0.3) is 0 Å². The van der Waals surface area contributed by atoms with Gasteiger partial charge in [0.1, 0.15) is 23.9 Å². The van der Waals surface area contributed by atoms with Crippen LogP contribution in [0.2, 0.25) is 0 Å². The van der Waals surface area contributed by atoms with Crippen LogP contribution >= 0.6 is 0 Å². The summed E-state index contributed by atoms with van der Waals surface area (Å²) in [6.45, 7) is 1.97. The van der Waals surface area contributed by atoms with E-state index in [1.165, 1.54) is 4.90 Å². The van der Waals surface area contributed by atoms with Gasteiger partial charge < -0.3 is 26.4 Å². The van der Waals surface area contributed by atoms with Crippen molar-refractivity contribution in [3.05, 3.63) is 71.8 Å². The number of ketones is 1. The molecule has 3 amide bonds. The summed E-state index contributed by atoms with van der Waals surface area (Å²) in [5, 5.41) is 15.1. The highest BCUT2D eigenvalue weighted by atomic mass is 16.4. The Labute approximate surface area is 240 Å². The molecular weight excluding hydrogens is 524 g/mol. The molecule has 0 spiro atoms. The Morgan fingerprint density at radius 3 is 2.12 bits per heavy atom. The maximum Gasteiger partial charge on any atom is 0.326 e. The molecule has 1 aliphatic rings. The van der Waals surface area contributed by atoms with Crippen LogP contribution in [0, 0.1) is 0 Å². The maximum atomic E-state index is 13.6. The van der Waals surface area contributed by atoms with Crippen LogP contribution in [0.1, 0.15) is 56.6 Å². The summed E-state index contributed by atoms with van der Waals surface area (Å²) >= 11 is 0. The molecule has 1 fully saturated rings. The van der Waals surface area contributed by atoms with Gasteiger partial charge in [-0.1, -0.05) is 67.6 Å². The highest BCUT2D eigenvalue weighted by molar-refractivity contribution is 5.94. The number of carbonyl (C=O) groups excluding carboxylic acids is 4. The zero-order valence-electron chi connectivity index (χ0n) is 23.5. The lowest BCUT2D eigenvalue weighted by atomic mass is 10.0. The van der Waals surface area contributed by atoms with Gasteiger partial charge in [0.2, 0.25) is 17.7 Å². The number of benzene rings is 2. The largest absolute Gasteiger partial charge is 0.480 e. The number of carbonyl (C=O) groups is 5. The smallest absolute Gasteiger partial charge is 0.326 e. The molecule has 2 aromatic rings. The van der Waals surface area contributed by atoms with Gasteiger partial charge in [-0.3, -0.25) is 19.2 Å². The fraction of sp³-hybridized carbons (Fsp3) is 0.452. The second-order valence-electron chi connectivity index (χ2n) is 10.5. The second-order valence-corrected chi connectivity index (χ2v) is 10.5. The lowest BCUT2D eigenvalue weighted by Gasteiger charge is -2.29. The van der Waals surface area contributed by atoms with Gasteiger partial charge in [0.15, 0.2) is 0 Å². The van der Waals surface area contributed by atoms with Gasteiger partial charge in [-0.25, -0.2) is 4.79 Å². The third kappa shape index (κ3) is 9.82. The number of carboxylic acids is 1. The summed E-state index contributed by atoms with van der Waals surface area (Å²) in [4.78, 5) is 65.1. The molecule has 0 bridgehead atoms. The average Bonchev–Trinajstić information content (AvgIpc) is 3.46. The van der Waals surface area contributed by atoms with E-state index in [9.17, 15) is 29.1 Å². The first-order valence-corrected chi connectivity index (χ1v) is 14.2. The molecule has 10 nitrogen and oxygen atoms in total. The number of nitrogens with two attached hydrogens (primary N) is 1. The minimum atomic E-state index is -1.10. The van der Waals surface area contributed by atoms with Crippen molar-refractivity contribution in [2.24, 2.45) is 5.73 Å². The molecule has 3 rings (SSSR count). The van der Waals surface area contributed by atoms with Crippen LogP contribution in [0.15, 0.2) is 60.7 Å². The van der Waals surface area contributed by atoms with Gasteiger partial charge in [0, 0.05) is 38.3 Å². The topological polar surface area (TPSA) is 159 Å². The molecule has 41 heavy (non-hydrogen) atoms. The highest BCUT2D eigenvalue weighted by Crippen LogP contribution is 2.20. The summed E-state index contributed by atoms with van der Waals surface area (Å²) in [6, 6.07) is 15.1. The van der Waals surface area contributed by atoms with Gasteiger partial charge in [0.05, 0.1) is 0 Å². The van der Waals surface area contributed by atoms with Crippen molar-refractivity contribution in [2.45, 2.75) is 82.5 Å². The van der Waals surface area contributed by atoms with E-state index in [0.29, 0.717) is 19.3 Å². The normalized spacial score (nSPS) is 16.8. The van der Waals surface area contributed by atoms with Crippen LogP contribution < -0.4 is 16.4 Å². The Morgan fingerprint density at radius 1 is 0.927 bits per heavy atom. The average molecular weight is 565 g/mol. The molecule has 4 atom stereocenters. The first-order chi connectivity index (χ1) is 19.7. The number of likely N-dealkylation sites (tertiary alicyclic amines) is 1. The molecule has 2 aromatic carbocycles. The molecule has 1 aliphatic heterocycles. The molecule has 0 radical (unpaired) electrons. The van der Waals surface area contributed by atoms with Crippen LogP contribution in [-0.2, 0) is 36.8 Å². The number of Topliss-reactive ketones (excluding diaryl/α,β-unsaturated/α-hetero) is 1. The molecule has 5 N–H and O–H groups in total. The summed E-state index contributed by atoms with van der Waals surface area (Å²) in [5.41, 5.74) is 8.03. The number of carboxylic acid groups (broad SMARTS) is 1. The summed E-state index contributed by atoms with van der Waals surface area (Å²) in [6.07, 6.45) is 1.89. The van der Waals surface area contributed by atoms with Crippen LogP contribution in [0.3, 0.4) is 0 Å². The number of rotatable bonds is 15. The maximum absolute atomic E-state index is 13.6. The summed E-state index contributed by atoms with van der Waals surface area (Å²) in [7, 11) is 0. The molecule has 220 valence electrons. The van der Waals surface area contributed by atoms with E-state index >= 15 is 0 Å². The fourth-order valence-corrected chi connectivity index (χ4v) is 5.04. The van der Waals surface area contributed by atoms with E-state index in [4.69, 9.17) is 5.73 Å². The van der Waals surface area contributed by atoms with Crippen molar-refractivity contribution in [3.8, 4) is 0 Å². The third-order valence-electron chi connectivity index (χ3n) is 7.26. The lowest BCUT2D eigenvalue weighted by Crippen LogP contribution is -2.56. The van der Waals surface area contributed by atoms with E-state index in [1.807, 2.05) is 60.7 Å². The van der Waals surface area contributed by atoms with Crippen LogP contribution in [-0.4, -0.2) is 70.2 Å². The first-order valence-electron chi connectivity index (χ1n) is 14.2. The van der Waals surface area contributed by atoms with Crippen molar-refractivity contribution in [3.63, 3.8) is 0 Å². The van der Waals surface area contributed by atoms with E-state index < -0.39 is 47.9 Å². The molecule has 1 saturated heterocycles. The molecule has 0 aromatic heterocycles. The molecule has 10 heteroatoms. The van der Waals surface area contributed by atoms with Crippen molar-refractivity contribution >= 4 is 29.5 Å². The monoisotopic (exact) mass is 564 g/mol. The van der Waals surface area contributed by atoms with Crippen molar-refractivity contribution in [2.75, 3.05) is 6.54 Å².